The van der Waals surface area contributed by atoms with Crippen molar-refractivity contribution < 1.29 is 19.0 Å². The van der Waals surface area contributed by atoms with Gasteiger partial charge < -0.3 is 15.2 Å². The minimum absolute atomic E-state index is 0.183. The number of halogens is 1. The molecule has 1 fully saturated rings. The molecule has 1 amide bonds. The van der Waals surface area contributed by atoms with Crippen LogP contribution in [0.15, 0.2) is 24.3 Å². The predicted molar refractivity (Wildman–Crippen MR) is 77.4 cm³/mol. The second-order valence-electron chi connectivity index (χ2n) is 5.59. The lowest BCUT2D eigenvalue weighted by molar-refractivity contribution is -0.127. The summed E-state index contributed by atoms with van der Waals surface area (Å²) < 4.78 is 18.3. The molecule has 4 nitrogen and oxygen atoms in total. The van der Waals surface area contributed by atoms with Crippen molar-refractivity contribution in [2.24, 2.45) is 11.8 Å². The molecule has 3 atom stereocenters. The van der Waals surface area contributed by atoms with Crippen LogP contribution in [0.1, 0.15) is 26.2 Å². The van der Waals surface area contributed by atoms with Crippen LogP contribution in [0.25, 0.3) is 0 Å². The molecule has 1 aliphatic carbocycles. The molecule has 1 aromatic rings. The average molecular weight is 295 g/mol. The highest BCUT2D eigenvalue weighted by atomic mass is 19.1. The average Bonchev–Trinajstić information content (AvgIpc) is 2.94. The molecule has 1 aromatic carbocycles. The SMILES string of the molecule is CC(Oc1ccc(F)cc1)C(=O)NCC1CCCC1CO. The number of nitrogens with one attached hydrogen (secondary N) is 1. The van der Waals surface area contributed by atoms with Crippen molar-refractivity contribution in [3.63, 3.8) is 0 Å². The molecule has 21 heavy (non-hydrogen) atoms. The molecule has 116 valence electrons. The van der Waals surface area contributed by atoms with Crippen molar-refractivity contribution >= 4 is 5.91 Å². The lowest BCUT2D eigenvalue weighted by Crippen LogP contribution is -2.39. The summed E-state index contributed by atoms with van der Waals surface area (Å²) in [5, 5.41) is 12.1. The molecule has 0 radical (unpaired) electrons. The zero-order valence-electron chi connectivity index (χ0n) is 12.2. The van der Waals surface area contributed by atoms with Crippen LogP contribution in [-0.4, -0.2) is 30.3 Å². The minimum Gasteiger partial charge on any atom is -0.481 e. The van der Waals surface area contributed by atoms with Gasteiger partial charge in [-0.05, 0) is 55.9 Å². The van der Waals surface area contributed by atoms with Crippen LogP contribution in [0.5, 0.6) is 5.75 Å². The molecule has 0 heterocycles. The van der Waals surface area contributed by atoms with Crippen LogP contribution >= 0.6 is 0 Å². The van der Waals surface area contributed by atoms with Gasteiger partial charge in [0.15, 0.2) is 6.10 Å². The molecule has 0 aromatic heterocycles. The highest BCUT2D eigenvalue weighted by Gasteiger charge is 2.27. The fourth-order valence-corrected chi connectivity index (χ4v) is 2.77. The maximum Gasteiger partial charge on any atom is 0.260 e. The van der Waals surface area contributed by atoms with E-state index in [0.717, 1.165) is 19.3 Å². The minimum atomic E-state index is -0.635. The molecule has 1 saturated carbocycles. The zero-order valence-corrected chi connectivity index (χ0v) is 12.2. The highest BCUT2D eigenvalue weighted by Crippen LogP contribution is 2.30. The lowest BCUT2D eigenvalue weighted by Gasteiger charge is -2.20. The number of carbonyl (C=O) groups is 1. The third-order valence-electron chi connectivity index (χ3n) is 4.09. The number of hydrogen-bond donors (Lipinski definition) is 2. The first-order valence-corrected chi connectivity index (χ1v) is 7.41. The summed E-state index contributed by atoms with van der Waals surface area (Å²) in [6.07, 6.45) is 2.54. The van der Waals surface area contributed by atoms with Gasteiger partial charge in [-0.25, -0.2) is 4.39 Å². The quantitative estimate of drug-likeness (QED) is 0.845. The van der Waals surface area contributed by atoms with Gasteiger partial charge in [-0.1, -0.05) is 6.42 Å². The fourth-order valence-electron chi connectivity index (χ4n) is 2.77. The lowest BCUT2D eigenvalue weighted by atomic mass is 9.97. The number of aliphatic hydroxyl groups is 1. The van der Waals surface area contributed by atoms with E-state index in [0.29, 0.717) is 24.1 Å². The molecule has 0 spiro atoms. The van der Waals surface area contributed by atoms with Gasteiger partial charge in [-0.3, -0.25) is 4.79 Å². The van der Waals surface area contributed by atoms with Gasteiger partial charge in [0.1, 0.15) is 11.6 Å². The topological polar surface area (TPSA) is 58.6 Å². The number of rotatable bonds is 6. The highest BCUT2D eigenvalue weighted by molar-refractivity contribution is 5.80. The molecular weight excluding hydrogens is 273 g/mol. The van der Waals surface area contributed by atoms with Crippen LogP contribution < -0.4 is 10.1 Å². The third kappa shape index (κ3) is 4.43. The summed E-state index contributed by atoms with van der Waals surface area (Å²) in [5.41, 5.74) is 0. The number of amides is 1. The Morgan fingerprint density at radius 1 is 1.38 bits per heavy atom. The molecule has 0 bridgehead atoms. The zero-order chi connectivity index (χ0) is 15.2. The van der Waals surface area contributed by atoms with E-state index in [2.05, 4.69) is 5.32 Å². The number of hydrogen-bond acceptors (Lipinski definition) is 3. The number of carbonyl (C=O) groups excluding carboxylic acids is 1. The van der Waals surface area contributed by atoms with Gasteiger partial charge >= 0.3 is 0 Å². The van der Waals surface area contributed by atoms with Gasteiger partial charge in [-0.15, -0.1) is 0 Å². The largest absolute Gasteiger partial charge is 0.481 e. The Kier molecular flexibility index (Phi) is 5.56. The van der Waals surface area contributed by atoms with Crippen LogP contribution in [0.4, 0.5) is 4.39 Å². The first-order valence-electron chi connectivity index (χ1n) is 7.41. The van der Waals surface area contributed by atoms with Crippen LogP contribution in [0, 0.1) is 17.7 Å². The Morgan fingerprint density at radius 3 is 2.71 bits per heavy atom. The van der Waals surface area contributed by atoms with Crippen molar-refractivity contribution in [1.82, 2.24) is 5.32 Å². The van der Waals surface area contributed by atoms with Gasteiger partial charge in [-0.2, -0.15) is 0 Å². The normalized spacial score (nSPS) is 22.8. The van der Waals surface area contributed by atoms with Gasteiger partial charge in [0.25, 0.3) is 5.91 Å². The van der Waals surface area contributed by atoms with Crippen LogP contribution in [0.2, 0.25) is 0 Å². The Bertz CT molecular complexity index is 463. The molecule has 1 aliphatic rings. The van der Waals surface area contributed by atoms with E-state index in [4.69, 9.17) is 4.74 Å². The molecule has 0 aliphatic heterocycles. The van der Waals surface area contributed by atoms with Crippen molar-refractivity contribution in [3.8, 4) is 5.75 Å². The second-order valence-corrected chi connectivity index (χ2v) is 5.59. The Labute approximate surface area is 124 Å². The summed E-state index contributed by atoms with van der Waals surface area (Å²) >= 11 is 0. The molecule has 3 unspecified atom stereocenters. The second kappa shape index (κ2) is 7.41. The van der Waals surface area contributed by atoms with E-state index in [1.165, 1.54) is 24.3 Å². The van der Waals surface area contributed by atoms with Crippen molar-refractivity contribution in [2.45, 2.75) is 32.3 Å². The Balaban J connectivity index is 1.78. The molecule has 2 rings (SSSR count). The van der Waals surface area contributed by atoms with Crippen LogP contribution in [-0.2, 0) is 4.79 Å². The van der Waals surface area contributed by atoms with E-state index in [1.54, 1.807) is 6.92 Å². The summed E-state index contributed by atoms with van der Waals surface area (Å²) in [7, 11) is 0. The molecule has 0 saturated heterocycles. The molecular formula is C16H22FNO3. The summed E-state index contributed by atoms with van der Waals surface area (Å²) in [6.45, 7) is 2.42. The molecule has 5 heteroatoms. The standard InChI is InChI=1S/C16H22FNO3/c1-11(21-15-7-5-14(17)6-8-15)16(20)18-9-12-3-2-4-13(12)10-19/h5-8,11-13,19H,2-4,9-10H2,1H3,(H,18,20). The van der Waals surface area contributed by atoms with E-state index in [1.807, 2.05) is 0 Å². The molecule has 2 N–H and O–H groups in total. The maximum atomic E-state index is 12.8. The van der Waals surface area contributed by atoms with Crippen LogP contribution in [0.3, 0.4) is 0 Å². The summed E-state index contributed by atoms with van der Waals surface area (Å²) in [4.78, 5) is 12.0. The fraction of sp³-hybridized carbons (Fsp3) is 0.562. The van der Waals surface area contributed by atoms with E-state index < -0.39 is 6.10 Å². The van der Waals surface area contributed by atoms with E-state index >= 15 is 0 Å². The Morgan fingerprint density at radius 2 is 2.05 bits per heavy atom. The summed E-state index contributed by atoms with van der Waals surface area (Å²) in [5.74, 6) is 0.572. The van der Waals surface area contributed by atoms with Crippen molar-refractivity contribution in [2.75, 3.05) is 13.2 Å². The van der Waals surface area contributed by atoms with Gasteiger partial charge in [0.05, 0.1) is 0 Å². The third-order valence-corrected chi connectivity index (χ3v) is 4.09. The number of ether oxygens (including phenoxy) is 1. The Hall–Kier alpha value is -1.62. The summed E-state index contributed by atoms with van der Waals surface area (Å²) in [6, 6.07) is 5.59. The monoisotopic (exact) mass is 295 g/mol. The first-order chi connectivity index (χ1) is 10.1. The number of benzene rings is 1. The smallest absolute Gasteiger partial charge is 0.260 e. The van der Waals surface area contributed by atoms with Crippen molar-refractivity contribution in [3.05, 3.63) is 30.1 Å². The van der Waals surface area contributed by atoms with E-state index in [9.17, 15) is 14.3 Å². The van der Waals surface area contributed by atoms with E-state index in [-0.39, 0.29) is 18.3 Å². The predicted octanol–water partition coefficient (Wildman–Crippen LogP) is 2.12. The first kappa shape index (κ1) is 15.8. The van der Waals surface area contributed by atoms with Crippen molar-refractivity contribution in [1.29, 1.82) is 0 Å². The number of aliphatic hydroxyl groups excluding tert-OH is 1. The van der Waals surface area contributed by atoms with Gasteiger partial charge in [0, 0.05) is 13.2 Å². The maximum absolute atomic E-state index is 12.8. The van der Waals surface area contributed by atoms with Gasteiger partial charge in [0.2, 0.25) is 0 Å².